The van der Waals surface area contributed by atoms with Gasteiger partial charge in [-0.2, -0.15) is 0 Å². The Hall–Kier alpha value is -2.08. The van der Waals surface area contributed by atoms with Gasteiger partial charge in [-0.3, -0.25) is 14.7 Å². The van der Waals surface area contributed by atoms with Crippen LogP contribution in [0.3, 0.4) is 0 Å². The highest BCUT2D eigenvalue weighted by Crippen LogP contribution is 2.20. The third-order valence-electron chi connectivity index (χ3n) is 4.88. The Kier molecular flexibility index (Phi) is 7.66. The number of carbonyl (C=O) groups excluding carboxylic acids is 1. The smallest absolute Gasteiger partial charge is 0.225 e. The summed E-state index contributed by atoms with van der Waals surface area (Å²) in [6.07, 6.45) is 1.09. The van der Waals surface area contributed by atoms with Crippen molar-refractivity contribution in [2.75, 3.05) is 26.7 Å². The maximum atomic E-state index is 11.9. The molecule has 0 saturated carbocycles. The van der Waals surface area contributed by atoms with Gasteiger partial charge in [0.1, 0.15) is 0 Å². The van der Waals surface area contributed by atoms with Gasteiger partial charge in [-0.15, -0.1) is 0 Å². The van der Waals surface area contributed by atoms with E-state index in [1.807, 2.05) is 20.8 Å². The fourth-order valence-electron chi connectivity index (χ4n) is 3.25. The number of carbonyl (C=O) groups is 1. The Morgan fingerprint density at radius 1 is 1.19 bits per heavy atom. The zero-order valence-electron chi connectivity index (χ0n) is 17.4. The van der Waals surface area contributed by atoms with Gasteiger partial charge in [0.05, 0.1) is 0 Å². The predicted octanol–water partition coefficient (Wildman–Crippen LogP) is 1.98. The monoisotopic (exact) mass is 373 g/mol. The molecule has 0 aromatic heterocycles. The number of benzene rings is 1. The predicted molar refractivity (Wildman–Crippen MR) is 112 cm³/mol. The zero-order valence-corrected chi connectivity index (χ0v) is 17.4. The second-order valence-corrected chi connectivity index (χ2v) is 8.35. The van der Waals surface area contributed by atoms with Crippen LogP contribution >= 0.6 is 0 Å². The third-order valence-corrected chi connectivity index (χ3v) is 4.88. The maximum Gasteiger partial charge on any atom is 0.225 e. The summed E-state index contributed by atoms with van der Waals surface area (Å²) in [6, 6.07) is 11.5. The normalized spacial score (nSPS) is 21.1. The van der Waals surface area contributed by atoms with Gasteiger partial charge in [0.25, 0.3) is 0 Å². The number of amides is 1. The molecule has 1 aliphatic heterocycles. The molecule has 0 radical (unpaired) electrons. The Morgan fingerprint density at radius 2 is 1.85 bits per heavy atom. The van der Waals surface area contributed by atoms with Crippen LogP contribution in [-0.2, 0) is 11.3 Å². The lowest BCUT2D eigenvalue weighted by atomic mass is 9.96. The summed E-state index contributed by atoms with van der Waals surface area (Å²) < 4.78 is 0. The van der Waals surface area contributed by atoms with Crippen LogP contribution in [0.5, 0.6) is 0 Å². The van der Waals surface area contributed by atoms with Crippen molar-refractivity contribution in [1.82, 2.24) is 20.9 Å². The number of guanidine groups is 1. The molecule has 27 heavy (non-hydrogen) atoms. The lowest BCUT2D eigenvalue weighted by molar-refractivity contribution is -0.128. The van der Waals surface area contributed by atoms with Crippen LogP contribution in [0.15, 0.2) is 35.3 Å². The van der Waals surface area contributed by atoms with Crippen molar-refractivity contribution in [3.63, 3.8) is 0 Å². The van der Waals surface area contributed by atoms with E-state index in [4.69, 9.17) is 0 Å². The molecule has 1 aromatic rings. The second kappa shape index (κ2) is 9.74. The molecule has 1 aliphatic rings. The molecule has 1 aromatic carbocycles. The number of rotatable bonds is 6. The lowest BCUT2D eigenvalue weighted by Crippen LogP contribution is -2.47. The molecule has 150 valence electrons. The molecule has 1 amide bonds. The molecular formula is C21H35N5O. The number of aliphatic imine (C=N–C) groups is 1. The van der Waals surface area contributed by atoms with E-state index in [1.165, 1.54) is 5.56 Å². The van der Waals surface area contributed by atoms with Crippen molar-refractivity contribution in [3.05, 3.63) is 35.9 Å². The van der Waals surface area contributed by atoms with Crippen LogP contribution in [-0.4, -0.2) is 55.5 Å². The molecule has 6 nitrogen and oxygen atoms in total. The summed E-state index contributed by atoms with van der Waals surface area (Å²) in [4.78, 5) is 18.7. The number of hydrogen-bond donors (Lipinski definition) is 3. The van der Waals surface area contributed by atoms with Crippen molar-refractivity contribution in [3.8, 4) is 0 Å². The first-order valence-electron chi connectivity index (χ1n) is 9.83. The van der Waals surface area contributed by atoms with Gasteiger partial charge >= 0.3 is 0 Å². The third kappa shape index (κ3) is 6.86. The van der Waals surface area contributed by atoms with E-state index >= 15 is 0 Å². The average molecular weight is 374 g/mol. The fourth-order valence-corrected chi connectivity index (χ4v) is 3.25. The minimum absolute atomic E-state index is 0.0633. The molecule has 6 heteroatoms. The van der Waals surface area contributed by atoms with Crippen LogP contribution in [0, 0.1) is 5.41 Å². The minimum atomic E-state index is -0.359. The van der Waals surface area contributed by atoms with Gasteiger partial charge in [-0.1, -0.05) is 51.1 Å². The number of nitrogens with one attached hydrogen (secondary N) is 3. The first-order chi connectivity index (χ1) is 12.8. The van der Waals surface area contributed by atoms with Crippen LogP contribution in [0.25, 0.3) is 0 Å². The highest BCUT2D eigenvalue weighted by Gasteiger charge is 2.29. The maximum absolute atomic E-state index is 11.9. The van der Waals surface area contributed by atoms with Gasteiger partial charge in [-0.25, -0.2) is 0 Å². The van der Waals surface area contributed by atoms with Crippen molar-refractivity contribution < 1.29 is 4.79 Å². The van der Waals surface area contributed by atoms with Crippen LogP contribution < -0.4 is 16.0 Å². The summed E-state index contributed by atoms with van der Waals surface area (Å²) in [5.41, 5.74) is 0.990. The van der Waals surface area contributed by atoms with Crippen molar-refractivity contribution in [2.24, 2.45) is 10.4 Å². The minimum Gasteiger partial charge on any atom is -0.355 e. The number of nitrogens with zero attached hydrogens (tertiary/aromatic N) is 2. The Balaban J connectivity index is 1.74. The van der Waals surface area contributed by atoms with E-state index in [9.17, 15) is 4.79 Å². The highest BCUT2D eigenvalue weighted by atomic mass is 16.2. The van der Waals surface area contributed by atoms with Gasteiger partial charge < -0.3 is 16.0 Å². The summed E-state index contributed by atoms with van der Waals surface area (Å²) >= 11 is 0. The zero-order chi connectivity index (χ0) is 19.9. The van der Waals surface area contributed by atoms with E-state index < -0.39 is 0 Å². The van der Waals surface area contributed by atoms with Crippen LogP contribution in [0.4, 0.5) is 0 Å². The molecule has 0 aliphatic carbocycles. The quantitative estimate of drug-likeness (QED) is 0.405. The van der Waals surface area contributed by atoms with E-state index in [0.29, 0.717) is 25.2 Å². The SMILES string of the molecule is CN=C(NCCNC(=O)C(C)(C)C)NC1CC(C)N(Cc2ccccc2)C1. The van der Waals surface area contributed by atoms with Gasteiger partial charge in [0.2, 0.25) is 5.91 Å². The van der Waals surface area contributed by atoms with Crippen LogP contribution in [0.2, 0.25) is 0 Å². The fraction of sp³-hybridized carbons (Fsp3) is 0.619. The molecule has 1 heterocycles. The van der Waals surface area contributed by atoms with Gasteiger partial charge in [0.15, 0.2) is 5.96 Å². The lowest BCUT2D eigenvalue weighted by Gasteiger charge is -2.21. The molecule has 2 rings (SSSR count). The largest absolute Gasteiger partial charge is 0.355 e. The van der Waals surface area contributed by atoms with E-state index in [-0.39, 0.29) is 11.3 Å². The summed E-state index contributed by atoms with van der Waals surface area (Å²) in [5, 5.41) is 9.75. The highest BCUT2D eigenvalue weighted by molar-refractivity contribution is 5.82. The van der Waals surface area contributed by atoms with Gasteiger partial charge in [-0.05, 0) is 18.9 Å². The van der Waals surface area contributed by atoms with E-state index in [2.05, 4.69) is 63.1 Å². The van der Waals surface area contributed by atoms with Crippen molar-refractivity contribution in [1.29, 1.82) is 0 Å². The molecule has 1 fully saturated rings. The molecule has 2 unspecified atom stereocenters. The van der Waals surface area contributed by atoms with E-state index in [0.717, 1.165) is 25.5 Å². The first-order valence-corrected chi connectivity index (χ1v) is 9.83. The first kappa shape index (κ1) is 21.2. The van der Waals surface area contributed by atoms with Gasteiger partial charge in [0, 0.05) is 50.7 Å². The van der Waals surface area contributed by atoms with Crippen LogP contribution in [0.1, 0.15) is 39.7 Å². The van der Waals surface area contributed by atoms with Crippen molar-refractivity contribution in [2.45, 2.75) is 52.7 Å². The molecule has 1 saturated heterocycles. The molecule has 0 bridgehead atoms. The standard InChI is InChI=1S/C21H35N5O/c1-16-13-18(15-26(16)14-17-9-7-6-8-10-17)25-20(22-5)24-12-11-23-19(27)21(2,3)4/h6-10,16,18H,11-15H2,1-5H3,(H,23,27)(H2,22,24,25). The Bertz CT molecular complexity index is 623. The number of likely N-dealkylation sites (tertiary alicyclic amines) is 1. The topological polar surface area (TPSA) is 68.8 Å². The second-order valence-electron chi connectivity index (χ2n) is 8.35. The Labute approximate surface area is 163 Å². The molecule has 3 N–H and O–H groups in total. The summed E-state index contributed by atoms with van der Waals surface area (Å²) in [7, 11) is 1.78. The molecule has 0 spiro atoms. The average Bonchev–Trinajstić information content (AvgIpc) is 2.96. The summed E-state index contributed by atoms with van der Waals surface area (Å²) in [5.74, 6) is 0.854. The van der Waals surface area contributed by atoms with E-state index in [1.54, 1.807) is 7.05 Å². The Morgan fingerprint density at radius 3 is 2.48 bits per heavy atom. The number of hydrogen-bond acceptors (Lipinski definition) is 3. The summed E-state index contributed by atoms with van der Waals surface area (Å²) in [6.45, 7) is 11.2. The molecular weight excluding hydrogens is 338 g/mol. The van der Waals surface area contributed by atoms with Crippen molar-refractivity contribution >= 4 is 11.9 Å². The molecule has 2 atom stereocenters.